The van der Waals surface area contributed by atoms with E-state index in [1.54, 1.807) is 20.0 Å². The second-order valence-corrected chi connectivity index (χ2v) is 9.04. The quantitative estimate of drug-likeness (QED) is 0.318. The molecule has 0 bridgehead atoms. The number of rotatable bonds is 6. The SMILES string of the molecule is COCC1(C)Nc2c(cnc3[nH]cc(C(=O)c4ccc(Oc5nccc(C)c5F)cc4Cl)c23)NC1=O. The van der Waals surface area contributed by atoms with E-state index in [4.69, 9.17) is 21.1 Å². The van der Waals surface area contributed by atoms with Crippen LogP contribution in [0.15, 0.2) is 42.9 Å². The molecule has 1 unspecified atom stereocenters. The average Bonchev–Trinajstić information content (AvgIpc) is 3.28. The Bertz CT molecular complexity index is 1540. The minimum absolute atomic E-state index is 0.111. The van der Waals surface area contributed by atoms with Crippen LogP contribution in [-0.4, -0.2) is 45.9 Å². The lowest BCUT2D eigenvalue weighted by Gasteiger charge is -2.35. The average molecular weight is 510 g/mol. The predicted molar refractivity (Wildman–Crippen MR) is 133 cm³/mol. The Kier molecular flexibility index (Phi) is 5.85. The number of aromatic nitrogens is 3. The van der Waals surface area contributed by atoms with Gasteiger partial charge in [-0.2, -0.15) is 0 Å². The number of methoxy groups -OCH3 is 1. The van der Waals surface area contributed by atoms with E-state index in [0.29, 0.717) is 33.5 Å². The summed E-state index contributed by atoms with van der Waals surface area (Å²) in [4.78, 5) is 37.4. The smallest absolute Gasteiger partial charge is 0.256 e. The molecule has 0 saturated carbocycles. The highest BCUT2D eigenvalue weighted by molar-refractivity contribution is 6.36. The zero-order chi connectivity index (χ0) is 25.6. The lowest BCUT2D eigenvalue weighted by atomic mass is 9.96. The molecule has 184 valence electrons. The van der Waals surface area contributed by atoms with Gasteiger partial charge in [0, 0.05) is 31.1 Å². The summed E-state index contributed by atoms with van der Waals surface area (Å²) >= 11 is 6.45. The lowest BCUT2D eigenvalue weighted by molar-refractivity contribution is -0.121. The molecule has 9 nitrogen and oxygen atoms in total. The van der Waals surface area contributed by atoms with Gasteiger partial charge in [-0.3, -0.25) is 9.59 Å². The zero-order valence-corrected chi connectivity index (χ0v) is 20.3. The topological polar surface area (TPSA) is 118 Å². The number of amides is 1. The maximum Gasteiger partial charge on any atom is 0.256 e. The van der Waals surface area contributed by atoms with Crippen LogP contribution in [-0.2, 0) is 9.53 Å². The fourth-order valence-electron chi connectivity index (χ4n) is 4.07. The molecule has 0 aliphatic carbocycles. The number of pyridine rings is 2. The fourth-order valence-corrected chi connectivity index (χ4v) is 4.33. The molecule has 0 radical (unpaired) electrons. The van der Waals surface area contributed by atoms with E-state index in [9.17, 15) is 14.0 Å². The number of nitrogens with zero attached hydrogens (tertiary/aromatic N) is 2. The van der Waals surface area contributed by atoms with Gasteiger partial charge in [-0.25, -0.2) is 14.4 Å². The number of halogens is 2. The first-order valence-electron chi connectivity index (χ1n) is 10.9. The minimum atomic E-state index is -1.05. The van der Waals surface area contributed by atoms with E-state index >= 15 is 0 Å². The standard InChI is InChI=1S/C25H21ClFN5O4/c1-12-6-7-28-23(19(12)27)36-13-4-5-14(16(26)8-13)21(33)15-9-29-22-18(15)20-17(10-30-22)31-24(34)25(2,32-20)11-35-3/h4-10,32H,11H2,1-3H3,(H,29,30)(H,31,34). The molecule has 5 rings (SSSR count). The third-order valence-corrected chi connectivity index (χ3v) is 6.29. The lowest BCUT2D eigenvalue weighted by Crippen LogP contribution is -2.53. The summed E-state index contributed by atoms with van der Waals surface area (Å²) in [6.45, 7) is 3.42. The summed E-state index contributed by atoms with van der Waals surface area (Å²) in [6, 6.07) is 5.97. The van der Waals surface area contributed by atoms with E-state index in [0.717, 1.165) is 0 Å². The molecule has 1 aromatic carbocycles. The molecule has 1 aliphatic rings. The van der Waals surface area contributed by atoms with Crippen molar-refractivity contribution in [2.45, 2.75) is 19.4 Å². The van der Waals surface area contributed by atoms with Gasteiger partial charge in [0.1, 0.15) is 16.9 Å². The molecular weight excluding hydrogens is 489 g/mol. The normalized spacial score (nSPS) is 16.9. The molecule has 1 aliphatic heterocycles. The molecule has 0 saturated heterocycles. The number of fused-ring (bicyclic) bond motifs is 3. The van der Waals surface area contributed by atoms with Gasteiger partial charge in [-0.1, -0.05) is 11.6 Å². The zero-order valence-electron chi connectivity index (χ0n) is 19.5. The number of ketones is 1. The molecule has 3 N–H and O–H groups in total. The van der Waals surface area contributed by atoms with Crippen molar-refractivity contribution < 1.29 is 23.5 Å². The molecule has 4 heterocycles. The number of nitrogens with one attached hydrogen (secondary N) is 3. The van der Waals surface area contributed by atoms with Crippen molar-refractivity contribution in [3.05, 3.63) is 70.4 Å². The Morgan fingerprint density at radius 2 is 2.03 bits per heavy atom. The van der Waals surface area contributed by atoms with Crippen LogP contribution in [0.3, 0.4) is 0 Å². The van der Waals surface area contributed by atoms with E-state index in [2.05, 4.69) is 25.6 Å². The molecular formula is C25H21ClFN5O4. The number of hydrogen-bond acceptors (Lipinski definition) is 7. The number of carbonyl (C=O) groups excluding carboxylic acids is 2. The van der Waals surface area contributed by atoms with E-state index < -0.39 is 11.4 Å². The number of benzene rings is 1. The molecule has 36 heavy (non-hydrogen) atoms. The maximum absolute atomic E-state index is 14.3. The van der Waals surface area contributed by atoms with Gasteiger partial charge in [0.2, 0.25) is 0 Å². The first-order valence-corrected chi connectivity index (χ1v) is 11.3. The third kappa shape index (κ3) is 3.94. The van der Waals surface area contributed by atoms with E-state index in [-0.39, 0.29) is 40.5 Å². The highest BCUT2D eigenvalue weighted by Crippen LogP contribution is 2.39. The molecule has 11 heteroatoms. The summed E-state index contributed by atoms with van der Waals surface area (Å²) in [6.07, 6.45) is 4.49. The van der Waals surface area contributed by atoms with Crippen LogP contribution in [0.5, 0.6) is 11.6 Å². The van der Waals surface area contributed by atoms with Gasteiger partial charge in [-0.15, -0.1) is 0 Å². The molecule has 1 amide bonds. The van der Waals surface area contributed by atoms with Gasteiger partial charge < -0.3 is 25.1 Å². The molecule has 4 aromatic rings. The van der Waals surface area contributed by atoms with Gasteiger partial charge >= 0.3 is 0 Å². The Balaban J connectivity index is 1.51. The van der Waals surface area contributed by atoms with Crippen molar-refractivity contribution in [2.75, 3.05) is 24.4 Å². The number of aryl methyl sites for hydroxylation is 1. The van der Waals surface area contributed by atoms with Crippen LogP contribution in [0.25, 0.3) is 11.0 Å². The van der Waals surface area contributed by atoms with Crippen molar-refractivity contribution in [1.29, 1.82) is 0 Å². The highest BCUT2D eigenvalue weighted by atomic mass is 35.5. The highest BCUT2D eigenvalue weighted by Gasteiger charge is 2.39. The number of H-pyrrole nitrogens is 1. The van der Waals surface area contributed by atoms with Crippen LogP contribution in [0, 0.1) is 12.7 Å². The van der Waals surface area contributed by atoms with Crippen molar-refractivity contribution >= 4 is 45.7 Å². The number of aromatic amines is 1. The van der Waals surface area contributed by atoms with Crippen LogP contribution in [0.4, 0.5) is 15.8 Å². The molecule has 0 spiro atoms. The fraction of sp³-hybridized carbons (Fsp3) is 0.200. The van der Waals surface area contributed by atoms with Gasteiger partial charge in [0.15, 0.2) is 11.6 Å². The molecule has 3 aromatic heterocycles. The van der Waals surface area contributed by atoms with Crippen LogP contribution >= 0.6 is 11.6 Å². The van der Waals surface area contributed by atoms with Gasteiger partial charge in [0.05, 0.1) is 40.2 Å². The van der Waals surface area contributed by atoms with Crippen LogP contribution in [0.1, 0.15) is 28.4 Å². The number of anilines is 2. The summed E-state index contributed by atoms with van der Waals surface area (Å²) < 4.78 is 25.0. The number of carbonyl (C=O) groups is 2. The Hall–Kier alpha value is -4.02. The second-order valence-electron chi connectivity index (χ2n) is 8.64. The Labute approximate surface area is 210 Å². The largest absolute Gasteiger partial charge is 0.436 e. The predicted octanol–water partition coefficient (Wildman–Crippen LogP) is 4.85. The monoisotopic (exact) mass is 509 g/mol. The summed E-state index contributed by atoms with van der Waals surface area (Å²) in [5.41, 5.74) is 1.29. The number of hydrogen-bond donors (Lipinski definition) is 3. The Morgan fingerprint density at radius 1 is 1.22 bits per heavy atom. The third-order valence-electron chi connectivity index (χ3n) is 5.98. The molecule has 0 fully saturated rings. The van der Waals surface area contributed by atoms with Crippen molar-refractivity contribution in [3.8, 4) is 11.6 Å². The minimum Gasteiger partial charge on any atom is -0.436 e. The van der Waals surface area contributed by atoms with E-state index in [1.807, 2.05) is 0 Å². The second kappa shape index (κ2) is 8.89. The first-order chi connectivity index (χ1) is 17.2. The van der Waals surface area contributed by atoms with Crippen LogP contribution < -0.4 is 15.4 Å². The van der Waals surface area contributed by atoms with Crippen molar-refractivity contribution in [1.82, 2.24) is 15.0 Å². The summed E-state index contributed by atoms with van der Waals surface area (Å²) in [7, 11) is 1.50. The summed E-state index contributed by atoms with van der Waals surface area (Å²) in [5.74, 6) is -1.19. The molecule has 1 atom stereocenters. The van der Waals surface area contributed by atoms with E-state index in [1.165, 1.54) is 43.8 Å². The summed E-state index contributed by atoms with van der Waals surface area (Å²) in [5, 5.41) is 6.66. The Morgan fingerprint density at radius 3 is 2.78 bits per heavy atom. The van der Waals surface area contributed by atoms with Crippen LogP contribution in [0.2, 0.25) is 5.02 Å². The first kappa shape index (κ1) is 23.7. The van der Waals surface area contributed by atoms with Gasteiger partial charge in [-0.05, 0) is 37.6 Å². The van der Waals surface area contributed by atoms with Gasteiger partial charge in [0.25, 0.3) is 11.8 Å². The van der Waals surface area contributed by atoms with Crippen molar-refractivity contribution in [3.63, 3.8) is 0 Å². The maximum atomic E-state index is 14.3. The van der Waals surface area contributed by atoms with Crippen molar-refractivity contribution in [2.24, 2.45) is 0 Å². The number of ether oxygens (including phenoxy) is 2.